The van der Waals surface area contributed by atoms with E-state index < -0.39 is 18.1 Å². The lowest BCUT2D eigenvalue weighted by molar-refractivity contribution is -0.141. The number of nitrogens with one attached hydrogen (secondary N) is 2. The van der Waals surface area contributed by atoms with Crippen LogP contribution in [0.1, 0.15) is 119 Å². The Morgan fingerprint density at radius 2 is 1.61 bits per heavy atom. The number of carbonyl (C=O) groups is 2. The summed E-state index contributed by atoms with van der Waals surface area (Å²) in [6.07, 6.45) is 13.7. The molecule has 6 fully saturated rings. The summed E-state index contributed by atoms with van der Waals surface area (Å²) in [5.41, 5.74) is 16.2. The first kappa shape index (κ1) is 56.7. The molecule has 5 aliphatic heterocycles. The van der Waals surface area contributed by atoms with Crippen LogP contribution in [0.3, 0.4) is 0 Å². The maximum absolute atomic E-state index is 14.4. The number of hydrogen-bond donors (Lipinski definition) is 5. The molecule has 2 unspecified atom stereocenters. The molecule has 2 amide bonds. The van der Waals surface area contributed by atoms with Crippen LogP contribution < -0.4 is 30.5 Å². The van der Waals surface area contributed by atoms with E-state index in [1.807, 2.05) is 94.3 Å². The molecule has 0 spiro atoms. The van der Waals surface area contributed by atoms with Crippen LogP contribution in [0.15, 0.2) is 102 Å². The van der Waals surface area contributed by atoms with Crippen molar-refractivity contribution in [1.82, 2.24) is 44.8 Å². The van der Waals surface area contributed by atoms with Crippen molar-refractivity contribution in [3.63, 3.8) is 0 Å². The number of benzene rings is 2. The number of amides is 2. The highest BCUT2D eigenvalue weighted by Crippen LogP contribution is 2.42. The van der Waals surface area contributed by atoms with Crippen LogP contribution in [-0.4, -0.2) is 150 Å². The molecular formula is C64H79N13O7S. The topological polar surface area (TPSA) is 233 Å². The number of nitrogens with two attached hydrogens (primary N) is 1. The third-order valence-electron chi connectivity index (χ3n) is 18.8. The number of nitrogen functional groups attached to an aromatic ring is 1. The molecule has 7 aromatic rings. The molecule has 13 rings (SSSR count). The number of para-hydroxylation sites is 1. The Morgan fingerprint density at radius 3 is 2.34 bits per heavy atom. The van der Waals surface area contributed by atoms with Crippen molar-refractivity contribution in [3.05, 3.63) is 120 Å². The number of rotatable bonds is 18. The van der Waals surface area contributed by atoms with Crippen molar-refractivity contribution in [2.24, 2.45) is 5.92 Å². The van der Waals surface area contributed by atoms with E-state index in [0.717, 1.165) is 147 Å². The number of pyridine rings is 1. The number of aromatic amines is 1. The summed E-state index contributed by atoms with van der Waals surface area (Å²) in [6, 6.07) is 23.5. The standard InChI is InChI=1S/C64H79N13O7S/c1-38(2)60(64(81)76-35-48(78)26-55(76)63(80)69-39(3)41-9-11-42(12-10-41)61-40(4)68-37-85-61)57-30-58(71-84-57)73-23-16-44(17-24-73)75-32-43(67-36-75)31-72-21-18-49(19-22-72)82-50-27-51(28-50)83-59-25-45(15-20-66-59)77-46-13-14-47(77)34-74(33-46)54-29-53(70-62(54)65)52-7-5-6-8-56(52)79/h5-12,15,20,25,29-30,32,36-39,44,46-51,55,60,70,78-79H,13-14,16-19,21-24,26-28,31,33-35,65H2,1-4H3,(H,69,80)/t39-,46?,47?,48+,50?,51?,55-,60-/m0/s1. The number of anilines is 4. The number of H-pyrrole nitrogens is 1. The zero-order chi connectivity index (χ0) is 58.5. The lowest BCUT2D eigenvalue weighted by Crippen LogP contribution is -2.54. The molecule has 6 N–H and O–H groups in total. The second-order valence-electron chi connectivity index (χ2n) is 24.8. The van der Waals surface area contributed by atoms with Crippen LogP contribution in [0.25, 0.3) is 21.7 Å². The fourth-order valence-electron chi connectivity index (χ4n) is 14.1. The second kappa shape index (κ2) is 24.1. The lowest BCUT2D eigenvalue weighted by atomic mass is 9.91. The van der Waals surface area contributed by atoms with Gasteiger partial charge in [0.1, 0.15) is 29.6 Å². The van der Waals surface area contributed by atoms with E-state index in [1.54, 1.807) is 17.4 Å². The van der Waals surface area contributed by atoms with Crippen molar-refractivity contribution in [1.29, 1.82) is 0 Å². The second-order valence-corrected chi connectivity index (χ2v) is 25.7. The summed E-state index contributed by atoms with van der Waals surface area (Å²) in [6.45, 7) is 14.0. The molecule has 6 atom stereocenters. The molecule has 5 aromatic heterocycles. The maximum Gasteiger partial charge on any atom is 0.243 e. The van der Waals surface area contributed by atoms with Crippen molar-refractivity contribution in [3.8, 4) is 33.3 Å². The lowest BCUT2D eigenvalue weighted by Gasteiger charge is -2.43. The summed E-state index contributed by atoms with van der Waals surface area (Å²) >= 11 is 1.60. The number of aliphatic hydroxyl groups is 1. The SMILES string of the molecule is Cc1ncsc1-c1ccc([C@H](C)NC(=O)[C@@H]2C[C@@H](O)CN2C(=O)[C@H](c2cc(N3CCC(n4cnc(CN5CCC(OC6CC(Oc7cc(N8C9CCC8CN(c8cc(-c%10ccccc%10O)[nH]c8N)C9)ccn7)C6)CC5)c4)CC3)no2)C(C)C)cc1. The number of carbonyl (C=O) groups excluding carboxylic acids is 2. The number of thiazole rings is 1. The largest absolute Gasteiger partial charge is 0.507 e. The van der Waals surface area contributed by atoms with Gasteiger partial charge in [0.15, 0.2) is 11.6 Å². The van der Waals surface area contributed by atoms with Gasteiger partial charge in [-0.15, -0.1) is 11.3 Å². The number of phenols is 1. The summed E-state index contributed by atoms with van der Waals surface area (Å²) in [5, 5.41) is 28.9. The van der Waals surface area contributed by atoms with Crippen molar-refractivity contribution >= 4 is 46.2 Å². The average Bonchev–Trinajstić information content (AvgIpc) is 3.46. The van der Waals surface area contributed by atoms with Crippen LogP contribution >= 0.6 is 11.3 Å². The normalized spacial score (nSPS) is 23.8. The van der Waals surface area contributed by atoms with Crippen LogP contribution in [0.2, 0.25) is 0 Å². The highest BCUT2D eigenvalue weighted by atomic mass is 32.1. The first-order valence-electron chi connectivity index (χ1n) is 30.6. The Hall–Kier alpha value is -7.46. The third kappa shape index (κ3) is 12.0. The fraction of sp³-hybridized carbons (Fsp3) is 0.500. The number of phenolic OH excluding ortho intramolecular Hbond substituents is 1. The number of aryl methyl sites for hydroxylation is 1. The number of ether oxygens (including phenoxy) is 2. The quantitative estimate of drug-likeness (QED) is 0.0540. The molecule has 20 nitrogen and oxygen atoms in total. The van der Waals surface area contributed by atoms with Crippen LogP contribution in [0.5, 0.6) is 11.6 Å². The van der Waals surface area contributed by atoms with E-state index >= 15 is 0 Å². The summed E-state index contributed by atoms with van der Waals surface area (Å²) in [5.74, 6) is 1.33. The molecule has 2 aromatic carbocycles. The Morgan fingerprint density at radius 1 is 0.847 bits per heavy atom. The highest BCUT2D eigenvalue weighted by Gasteiger charge is 2.45. The minimum atomic E-state index is -0.811. The van der Waals surface area contributed by atoms with E-state index in [9.17, 15) is 19.8 Å². The molecule has 448 valence electrons. The van der Waals surface area contributed by atoms with Gasteiger partial charge in [0, 0.05) is 126 Å². The number of aromatic hydroxyl groups is 1. The van der Waals surface area contributed by atoms with Gasteiger partial charge in [0.05, 0.1) is 63.8 Å². The molecule has 21 heteroatoms. The number of aromatic nitrogens is 6. The van der Waals surface area contributed by atoms with Gasteiger partial charge in [-0.3, -0.25) is 14.5 Å². The number of aliphatic hydroxyl groups excluding tert-OH is 1. The fourth-order valence-corrected chi connectivity index (χ4v) is 14.9. The van der Waals surface area contributed by atoms with Gasteiger partial charge in [-0.05, 0) is 93.7 Å². The maximum atomic E-state index is 14.4. The molecule has 0 radical (unpaired) electrons. The number of fused-ring (bicyclic) bond motifs is 2. The Bertz CT molecular complexity index is 3440. The molecular weight excluding hydrogens is 1090 g/mol. The van der Waals surface area contributed by atoms with Crippen LogP contribution in [0.4, 0.5) is 23.0 Å². The summed E-state index contributed by atoms with van der Waals surface area (Å²) in [4.78, 5) is 57.7. The number of imidazole rings is 1. The van der Waals surface area contributed by atoms with E-state index in [-0.39, 0.29) is 60.8 Å². The summed E-state index contributed by atoms with van der Waals surface area (Å²) in [7, 11) is 0. The van der Waals surface area contributed by atoms with Gasteiger partial charge < -0.3 is 64.4 Å². The number of β-amino-alcohol motifs (C(OH)–C–C–N with tert-alkyl or cyclic N) is 1. The van der Waals surface area contributed by atoms with Gasteiger partial charge in [0.2, 0.25) is 17.7 Å². The van der Waals surface area contributed by atoms with Gasteiger partial charge in [-0.25, -0.2) is 15.0 Å². The first-order valence-corrected chi connectivity index (χ1v) is 31.5. The van der Waals surface area contributed by atoms with E-state index in [1.165, 1.54) is 4.90 Å². The molecule has 10 heterocycles. The average molecular weight is 1170 g/mol. The van der Waals surface area contributed by atoms with E-state index in [4.69, 9.17) is 24.7 Å². The molecule has 85 heavy (non-hydrogen) atoms. The van der Waals surface area contributed by atoms with Gasteiger partial charge in [-0.1, -0.05) is 55.4 Å². The Kier molecular flexibility index (Phi) is 16.1. The number of nitrogens with zero attached hydrogens (tertiary/aromatic N) is 10. The van der Waals surface area contributed by atoms with E-state index in [0.29, 0.717) is 41.4 Å². The van der Waals surface area contributed by atoms with Crippen molar-refractivity contribution in [2.75, 3.05) is 66.2 Å². The minimum Gasteiger partial charge on any atom is -0.507 e. The molecule has 6 aliphatic rings. The van der Waals surface area contributed by atoms with Crippen molar-refractivity contribution in [2.45, 2.75) is 153 Å². The number of piperazine rings is 1. The number of hydrogen-bond acceptors (Lipinski definition) is 17. The number of likely N-dealkylation sites (tertiary alicyclic amines) is 2. The van der Waals surface area contributed by atoms with Gasteiger partial charge >= 0.3 is 0 Å². The zero-order valence-corrected chi connectivity index (χ0v) is 49.8. The van der Waals surface area contributed by atoms with Crippen LogP contribution in [0, 0.1) is 12.8 Å². The van der Waals surface area contributed by atoms with Crippen molar-refractivity contribution < 1.29 is 33.8 Å². The number of piperidine rings is 2. The molecule has 1 aliphatic carbocycles. The minimum absolute atomic E-state index is 0.0753. The first-order chi connectivity index (χ1) is 41.2. The predicted octanol–water partition coefficient (Wildman–Crippen LogP) is 8.85. The van der Waals surface area contributed by atoms with Gasteiger partial charge in [-0.2, -0.15) is 0 Å². The monoisotopic (exact) mass is 1170 g/mol. The zero-order valence-electron chi connectivity index (χ0n) is 49.0. The van der Waals surface area contributed by atoms with Gasteiger partial charge in [0.25, 0.3) is 0 Å². The molecule has 2 bridgehead atoms. The van der Waals surface area contributed by atoms with Crippen LogP contribution in [-0.2, 0) is 20.9 Å². The molecule has 1 saturated carbocycles. The third-order valence-corrected chi connectivity index (χ3v) is 19.7. The summed E-state index contributed by atoms with van der Waals surface area (Å²) < 4.78 is 21.3. The highest BCUT2D eigenvalue weighted by molar-refractivity contribution is 7.13. The Labute approximate surface area is 500 Å². The smallest absolute Gasteiger partial charge is 0.243 e. The molecule has 5 saturated heterocycles. The predicted molar refractivity (Wildman–Crippen MR) is 327 cm³/mol. The Balaban J connectivity index is 0.533. The van der Waals surface area contributed by atoms with E-state index in [2.05, 4.69) is 74.0 Å².